The van der Waals surface area contributed by atoms with Crippen molar-refractivity contribution in [3.63, 3.8) is 0 Å². The highest BCUT2D eigenvalue weighted by molar-refractivity contribution is 7.90. The Bertz CT molecular complexity index is 3830. The van der Waals surface area contributed by atoms with E-state index in [1.165, 1.54) is 15.3 Å². The maximum Gasteiger partial charge on any atom is 0.371 e. The van der Waals surface area contributed by atoms with E-state index >= 15 is 0 Å². The first-order chi connectivity index (χ1) is 40.1. The molecule has 0 radical (unpaired) electrons. The van der Waals surface area contributed by atoms with Crippen LogP contribution in [0.15, 0.2) is 75.0 Å². The van der Waals surface area contributed by atoms with E-state index in [0.29, 0.717) is 92.6 Å². The molecule has 1 atom stereocenters. The average molecular weight is 1220 g/mol. The van der Waals surface area contributed by atoms with Crippen LogP contribution in [0.4, 0.5) is 0 Å². The van der Waals surface area contributed by atoms with E-state index in [1.807, 2.05) is 30.7 Å². The number of aromatic amines is 1. The van der Waals surface area contributed by atoms with Gasteiger partial charge in [-0.1, -0.05) is 29.3 Å². The second kappa shape index (κ2) is 27.5. The lowest BCUT2D eigenvalue weighted by Gasteiger charge is -2.25. The van der Waals surface area contributed by atoms with Crippen LogP contribution >= 0.6 is 23.2 Å². The quantitative estimate of drug-likeness (QED) is 0.0178. The van der Waals surface area contributed by atoms with Crippen molar-refractivity contribution >= 4 is 90.5 Å². The van der Waals surface area contributed by atoms with Gasteiger partial charge < -0.3 is 48.8 Å². The SMILES string of the molecule is Cc1cc(OCCCc2c(C(=O)NS(=O)(=O)c3ccc(C(=O)O)o3)[nH]c3c(-c4c(C)nn(CC(=O)NCCCOCCOCCOCNC(=O)COc5ccc6c(C)cc(=O)n(C7CCC(=O)NC7=O)c6c5)c4C)c(Cl)ccc23)cc(C)c1Cl. The van der Waals surface area contributed by atoms with Crippen molar-refractivity contribution in [3.8, 4) is 22.6 Å². The zero-order valence-electron chi connectivity index (χ0n) is 46.5. The number of amides is 5. The van der Waals surface area contributed by atoms with E-state index in [4.69, 9.17) is 51.3 Å². The number of fused-ring (bicyclic) bond motifs is 2. The molecule has 27 heteroatoms. The Labute approximate surface area is 491 Å². The van der Waals surface area contributed by atoms with Crippen LogP contribution in [0.5, 0.6) is 11.5 Å². The number of nitrogens with zero attached hydrogens (tertiary/aromatic N) is 3. The Morgan fingerprint density at radius 3 is 2.21 bits per heavy atom. The summed E-state index contributed by atoms with van der Waals surface area (Å²) >= 11 is 13.3. The van der Waals surface area contributed by atoms with Gasteiger partial charge >= 0.3 is 5.97 Å². The largest absolute Gasteiger partial charge is 0.494 e. The molecule has 8 rings (SSSR count). The van der Waals surface area contributed by atoms with Crippen LogP contribution in [0.2, 0.25) is 10.0 Å². The zero-order valence-corrected chi connectivity index (χ0v) is 48.9. The predicted molar refractivity (Wildman–Crippen MR) is 307 cm³/mol. The molecule has 5 heterocycles. The standard InChI is InChI=1S/C57H62Cl2N8O16S/c1-31-26-48(71)67(42-13-15-45(68)62-55(42)72)43-27-36(9-10-38(31)43)82-29-47(70)61-30-80-23-22-79-21-20-78-18-7-17-60-46(69)28-66-35(5)50(34(4)64-66)51-41(58)12-11-40-39(8-6-19-81-37-24-32(2)52(59)33(3)25-37)54(63-53(40)51)56(73)65-84(76,77)49-16-14-44(83-49)57(74)75/h9-12,14,16,24-27,42,63H,6-8,13,15,17-23,28-30H2,1-5H3,(H,60,69)(H,61,70)(H,65,73)(H,74,75)(H,62,68,72). The number of sulfonamides is 1. The number of carbonyl (C=O) groups excluding carboxylic acids is 5. The second-order valence-electron chi connectivity index (χ2n) is 19.8. The number of hydrogen-bond acceptors (Lipinski definition) is 16. The predicted octanol–water partition coefficient (Wildman–Crippen LogP) is 6.30. The van der Waals surface area contributed by atoms with Gasteiger partial charge in [0.25, 0.3) is 27.4 Å². The molecule has 3 aromatic carbocycles. The molecule has 1 aliphatic heterocycles. The molecule has 0 saturated carbocycles. The summed E-state index contributed by atoms with van der Waals surface area (Å²) in [6, 6.07) is 14.5. The number of aromatic nitrogens is 4. The van der Waals surface area contributed by atoms with Crippen molar-refractivity contribution < 1.29 is 70.4 Å². The molecule has 6 N–H and O–H groups in total. The molecule has 24 nitrogen and oxygen atoms in total. The number of imide groups is 1. The van der Waals surface area contributed by atoms with E-state index in [0.717, 1.165) is 28.6 Å². The minimum atomic E-state index is -4.68. The number of piperidine rings is 1. The van der Waals surface area contributed by atoms with Crippen LogP contribution in [0, 0.1) is 34.6 Å². The fraction of sp³-hybridized carbons (Fsp3) is 0.368. The van der Waals surface area contributed by atoms with Gasteiger partial charge in [-0.25, -0.2) is 9.52 Å². The molecule has 7 aromatic rings. The van der Waals surface area contributed by atoms with Crippen molar-refractivity contribution in [1.82, 2.24) is 40.0 Å². The Hall–Kier alpha value is -8.07. The van der Waals surface area contributed by atoms with E-state index in [2.05, 4.69) is 26.0 Å². The molecule has 0 aliphatic carbocycles. The lowest BCUT2D eigenvalue weighted by molar-refractivity contribution is -0.135. The van der Waals surface area contributed by atoms with Crippen LogP contribution < -0.4 is 35.7 Å². The number of rotatable bonds is 28. The van der Waals surface area contributed by atoms with Gasteiger partial charge in [0.05, 0.1) is 54.8 Å². The molecule has 4 aromatic heterocycles. The van der Waals surface area contributed by atoms with Crippen LogP contribution in [0.1, 0.15) is 86.4 Å². The summed E-state index contributed by atoms with van der Waals surface area (Å²) in [4.78, 5) is 91.6. The number of carboxylic acid groups (broad SMARTS) is 1. The summed E-state index contributed by atoms with van der Waals surface area (Å²) in [7, 11) is -4.68. The van der Waals surface area contributed by atoms with Gasteiger partial charge in [-0.15, -0.1) is 0 Å². The molecule has 84 heavy (non-hydrogen) atoms. The normalized spacial score (nSPS) is 13.5. The van der Waals surface area contributed by atoms with E-state index in [-0.39, 0.29) is 88.8 Å². The molecule has 1 saturated heterocycles. The van der Waals surface area contributed by atoms with Gasteiger partial charge in [-0.2, -0.15) is 13.5 Å². The Morgan fingerprint density at radius 1 is 0.786 bits per heavy atom. The first-order valence-electron chi connectivity index (χ1n) is 26.7. The molecule has 0 spiro atoms. The van der Waals surface area contributed by atoms with E-state index < -0.39 is 62.1 Å². The summed E-state index contributed by atoms with van der Waals surface area (Å²) in [5.41, 5.74) is 5.33. The highest BCUT2D eigenvalue weighted by Gasteiger charge is 2.32. The summed E-state index contributed by atoms with van der Waals surface area (Å²) in [5.74, 6) is -3.99. The zero-order chi connectivity index (χ0) is 60.4. The topological polar surface area (TPSA) is 320 Å². The number of halogens is 2. The first kappa shape index (κ1) is 62.0. The van der Waals surface area contributed by atoms with Crippen LogP contribution in [-0.4, -0.2) is 128 Å². The number of aromatic carboxylic acids is 1. The van der Waals surface area contributed by atoms with Gasteiger partial charge in [0.15, 0.2) is 6.61 Å². The lowest BCUT2D eigenvalue weighted by Crippen LogP contribution is -2.44. The number of hydrogen-bond donors (Lipinski definition) is 6. The summed E-state index contributed by atoms with van der Waals surface area (Å²) in [6.07, 6.45) is 1.41. The van der Waals surface area contributed by atoms with Crippen molar-refractivity contribution in [1.29, 1.82) is 0 Å². The number of carbonyl (C=O) groups is 6. The number of pyridine rings is 1. The Balaban J connectivity index is 0.775. The third-order valence-corrected chi connectivity index (χ3v) is 15.9. The van der Waals surface area contributed by atoms with Crippen molar-refractivity contribution in [3.05, 3.63) is 126 Å². The summed E-state index contributed by atoms with van der Waals surface area (Å²) < 4.78 is 64.9. The monoisotopic (exact) mass is 1220 g/mol. The molecule has 0 bridgehead atoms. The molecule has 1 fully saturated rings. The molecule has 1 aliphatic rings. The minimum Gasteiger partial charge on any atom is -0.494 e. The maximum atomic E-state index is 14.0. The number of aryl methyl sites for hydroxylation is 5. The molecular weight excluding hydrogens is 1160 g/mol. The number of nitrogens with one attached hydrogen (secondary N) is 5. The second-order valence-corrected chi connectivity index (χ2v) is 22.2. The number of carboxylic acids is 1. The van der Waals surface area contributed by atoms with Crippen molar-refractivity contribution in [2.75, 3.05) is 59.5 Å². The average Bonchev–Trinajstić information content (AvgIpc) is 2.51. The maximum absolute atomic E-state index is 14.0. The van der Waals surface area contributed by atoms with Gasteiger partial charge in [-0.05, 0) is 125 Å². The minimum absolute atomic E-state index is 0.0971. The summed E-state index contributed by atoms with van der Waals surface area (Å²) in [6.45, 7) is 10.3. The molecule has 5 amide bonds. The van der Waals surface area contributed by atoms with Gasteiger partial charge in [0, 0.05) is 64.3 Å². The molecular formula is C57H62Cl2N8O16S. The van der Waals surface area contributed by atoms with E-state index in [9.17, 15) is 47.1 Å². The summed E-state index contributed by atoms with van der Waals surface area (Å²) in [5, 5.41) is 23.1. The highest BCUT2D eigenvalue weighted by atomic mass is 35.5. The van der Waals surface area contributed by atoms with Crippen molar-refractivity contribution in [2.24, 2.45) is 0 Å². The lowest BCUT2D eigenvalue weighted by atomic mass is 9.98. The smallest absolute Gasteiger partial charge is 0.371 e. The van der Waals surface area contributed by atoms with Crippen LogP contribution in [-0.2, 0) is 56.4 Å². The third kappa shape index (κ3) is 14.8. The fourth-order valence-corrected chi connectivity index (χ4v) is 11.0. The first-order valence-corrected chi connectivity index (χ1v) is 28.9. The van der Waals surface area contributed by atoms with Crippen LogP contribution in [0.3, 0.4) is 0 Å². The number of ether oxygens (including phenoxy) is 5. The Morgan fingerprint density at radius 2 is 1.50 bits per heavy atom. The Kier molecular flexibility index (Phi) is 20.3. The highest BCUT2D eigenvalue weighted by Crippen LogP contribution is 2.41. The van der Waals surface area contributed by atoms with Gasteiger partial charge in [0.1, 0.15) is 36.5 Å². The van der Waals surface area contributed by atoms with Crippen LogP contribution in [0.25, 0.3) is 32.9 Å². The van der Waals surface area contributed by atoms with E-state index in [1.54, 1.807) is 51.1 Å². The van der Waals surface area contributed by atoms with Crippen molar-refractivity contribution in [2.45, 2.75) is 84.4 Å². The third-order valence-electron chi connectivity index (χ3n) is 13.7. The number of benzene rings is 3. The molecule has 1 unspecified atom stereocenters. The van der Waals surface area contributed by atoms with Gasteiger partial charge in [-0.3, -0.25) is 43.3 Å². The van der Waals surface area contributed by atoms with Gasteiger partial charge in [0.2, 0.25) is 28.6 Å². The number of furan rings is 1. The molecule has 446 valence electrons. The number of H-pyrrole nitrogens is 1. The fourth-order valence-electron chi connectivity index (χ4n) is 9.71.